The van der Waals surface area contributed by atoms with E-state index < -0.39 is 0 Å². The molecule has 0 N–H and O–H groups in total. The summed E-state index contributed by atoms with van der Waals surface area (Å²) in [7, 11) is 4.70. The van der Waals surface area contributed by atoms with Crippen LogP contribution in [0.25, 0.3) is 6.08 Å². The van der Waals surface area contributed by atoms with E-state index >= 15 is 0 Å². The highest BCUT2D eigenvalue weighted by Gasteiger charge is 2.15. The third-order valence-electron chi connectivity index (χ3n) is 5.55. The Morgan fingerprint density at radius 3 is 2.36 bits per heavy atom. The van der Waals surface area contributed by atoms with Gasteiger partial charge in [0.1, 0.15) is 0 Å². The van der Waals surface area contributed by atoms with Crippen LogP contribution < -0.4 is 14.2 Å². The summed E-state index contributed by atoms with van der Waals surface area (Å²) >= 11 is 0. The number of pyridine rings is 1. The second-order valence-corrected chi connectivity index (χ2v) is 7.71. The van der Waals surface area contributed by atoms with Crippen molar-refractivity contribution in [2.75, 3.05) is 60.7 Å². The Morgan fingerprint density at radius 2 is 1.76 bits per heavy atom. The summed E-state index contributed by atoms with van der Waals surface area (Å²) in [4.78, 5) is 21.5. The molecule has 1 aliphatic heterocycles. The number of carbonyl (C=O) groups excluding carboxylic acids is 1. The van der Waals surface area contributed by atoms with Gasteiger partial charge in [0.05, 0.1) is 34.5 Å². The number of ether oxygens (including phenoxy) is 4. The van der Waals surface area contributed by atoms with E-state index in [2.05, 4.69) is 9.88 Å². The number of nitrogens with zero attached hydrogens (tertiary/aromatic N) is 3. The van der Waals surface area contributed by atoms with Gasteiger partial charge in [-0.3, -0.25) is 14.7 Å². The van der Waals surface area contributed by atoms with Crippen molar-refractivity contribution in [1.29, 1.82) is 0 Å². The Kier molecular flexibility index (Phi) is 9.53. The maximum absolute atomic E-state index is 13.1. The highest BCUT2D eigenvalue weighted by Crippen LogP contribution is 2.38. The molecule has 178 valence electrons. The van der Waals surface area contributed by atoms with Crippen LogP contribution in [0.4, 0.5) is 0 Å². The van der Waals surface area contributed by atoms with Crippen LogP contribution in [0.5, 0.6) is 17.2 Å². The summed E-state index contributed by atoms with van der Waals surface area (Å²) in [6.45, 7) is 5.58. The summed E-state index contributed by atoms with van der Waals surface area (Å²) < 4.78 is 21.6. The number of carbonyl (C=O) groups is 1. The van der Waals surface area contributed by atoms with Crippen LogP contribution in [0.2, 0.25) is 0 Å². The maximum atomic E-state index is 13.1. The molecule has 0 unspecified atom stereocenters. The maximum Gasteiger partial charge on any atom is 0.246 e. The van der Waals surface area contributed by atoms with Crippen LogP contribution in [-0.2, 0) is 16.1 Å². The molecule has 1 aliphatic rings. The average Bonchev–Trinajstić information content (AvgIpc) is 2.87. The van der Waals surface area contributed by atoms with Crippen LogP contribution in [0.3, 0.4) is 0 Å². The largest absolute Gasteiger partial charge is 0.493 e. The van der Waals surface area contributed by atoms with Crippen LogP contribution in [-0.4, -0.2) is 81.4 Å². The first-order valence-corrected chi connectivity index (χ1v) is 11.1. The van der Waals surface area contributed by atoms with Gasteiger partial charge in [0.15, 0.2) is 11.5 Å². The van der Waals surface area contributed by atoms with E-state index in [1.807, 2.05) is 29.2 Å². The van der Waals surface area contributed by atoms with Gasteiger partial charge in [-0.05, 0) is 47.9 Å². The summed E-state index contributed by atoms with van der Waals surface area (Å²) in [5.41, 5.74) is 1.83. The predicted molar refractivity (Wildman–Crippen MR) is 127 cm³/mol. The van der Waals surface area contributed by atoms with Crippen molar-refractivity contribution in [3.05, 3.63) is 53.9 Å². The van der Waals surface area contributed by atoms with E-state index in [9.17, 15) is 4.79 Å². The smallest absolute Gasteiger partial charge is 0.246 e. The number of hydrogen-bond donors (Lipinski definition) is 0. The number of morpholine rings is 1. The molecule has 0 atom stereocenters. The zero-order valence-corrected chi connectivity index (χ0v) is 19.7. The van der Waals surface area contributed by atoms with Gasteiger partial charge in [0, 0.05) is 51.2 Å². The fourth-order valence-corrected chi connectivity index (χ4v) is 3.76. The van der Waals surface area contributed by atoms with Gasteiger partial charge >= 0.3 is 0 Å². The molecule has 3 rings (SSSR count). The van der Waals surface area contributed by atoms with Gasteiger partial charge in [-0.15, -0.1) is 0 Å². The van der Waals surface area contributed by atoms with Gasteiger partial charge in [0.2, 0.25) is 11.7 Å². The molecule has 0 spiro atoms. The molecule has 0 aliphatic carbocycles. The van der Waals surface area contributed by atoms with Crippen molar-refractivity contribution < 1.29 is 23.7 Å². The van der Waals surface area contributed by atoms with E-state index in [-0.39, 0.29) is 5.91 Å². The minimum absolute atomic E-state index is 0.0532. The molecule has 2 aromatic rings. The molecule has 0 radical (unpaired) electrons. The lowest BCUT2D eigenvalue weighted by Gasteiger charge is -2.28. The van der Waals surface area contributed by atoms with E-state index in [4.69, 9.17) is 18.9 Å². The summed E-state index contributed by atoms with van der Waals surface area (Å²) in [5.74, 6) is 1.56. The SMILES string of the molecule is COc1cc(/C=C/C(=O)N(CCCN2CCOCC2)Cc2ccncc2)cc(OC)c1OC. The number of benzene rings is 1. The molecule has 1 amide bonds. The van der Waals surface area contributed by atoms with Crippen molar-refractivity contribution in [2.24, 2.45) is 0 Å². The lowest BCUT2D eigenvalue weighted by Crippen LogP contribution is -2.38. The monoisotopic (exact) mass is 455 g/mol. The van der Waals surface area contributed by atoms with Gasteiger partial charge in [-0.2, -0.15) is 0 Å². The van der Waals surface area contributed by atoms with Crippen molar-refractivity contribution in [1.82, 2.24) is 14.8 Å². The van der Waals surface area contributed by atoms with Gasteiger partial charge in [-0.1, -0.05) is 0 Å². The molecule has 1 aromatic heterocycles. The first-order chi connectivity index (χ1) is 16.1. The van der Waals surface area contributed by atoms with Gasteiger partial charge < -0.3 is 23.8 Å². The standard InChI is InChI=1S/C25H33N3O5/c1-30-22-17-21(18-23(31-2)25(22)32-3)5-6-24(29)28(19-20-7-9-26-10-8-20)12-4-11-27-13-15-33-16-14-27/h5-10,17-18H,4,11-16,19H2,1-3H3/b6-5+. The van der Waals surface area contributed by atoms with Crippen LogP contribution in [0.15, 0.2) is 42.7 Å². The fourth-order valence-electron chi connectivity index (χ4n) is 3.76. The minimum atomic E-state index is -0.0532. The molecule has 2 heterocycles. The lowest BCUT2D eigenvalue weighted by molar-refractivity contribution is -0.126. The van der Waals surface area contributed by atoms with Crippen LogP contribution >= 0.6 is 0 Å². The Balaban J connectivity index is 1.70. The first kappa shape index (κ1) is 24.5. The number of hydrogen-bond acceptors (Lipinski definition) is 7. The second kappa shape index (κ2) is 12.8. The number of aromatic nitrogens is 1. The molecule has 0 saturated carbocycles. The Labute approximate surface area is 195 Å². The zero-order chi connectivity index (χ0) is 23.5. The third-order valence-corrected chi connectivity index (χ3v) is 5.55. The third kappa shape index (κ3) is 7.20. The fraction of sp³-hybridized carbons (Fsp3) is 0.440. The molecular weight excluding hydrogens is 422 g/mol. The molecular formula is C25H33N3O5. The number of rotatable bonds is 11. The van der Waals surface area contributed by atoms with Crippen molar-refractivity contribution in [3.8, 4) is 17.2 Å². The van der Waals surface area contributed by atoms with Gasteiger partial charge in [0.25, 0.3) is 0 Å². The lowest BCUT2D eigenvalue weighted by atomic mass is 10.1. The zero-order valence-electron chi connectivity index (χ0n) is 19.7. The average molecular weight is 456 g/mol. The molecule has 33 heavy (non-hydrogen) atoms. The molecule has 1 fully saturated rings. The highest BCUT2D eigenvalue weighted by atomic mass is 16.5. The number of amides is 1. The Bertz CT molecular complexity index is 889. The van der Waals surface area contributed by atoms with E-state index in [1.54, 1.807) is 45.9 Å². The summed E-state index contributed by atoms with van der Waals surface area (Å²) in [6, 6.07) is 7.50. The molecule has 1 aromatic carbocycles. The topological polar surface area (TPSA) is 73.4 Å². The minimum Gasteiger partial charge on any atom is -0.493 e. The van der Waals surface area contributed by atoms with Crippen LogP contribution in [0, 0.1) is 0 Å². The predicted octanol–water partition coefficient (Wildman–Crippen LogP) is 2.87. The molecule has 1 saturated heterocycles. The highest BCUT2D eigenvalue weighted by molar-refractivity contribution is 5.92. The van der Waals surface area contributed by atoms with Crippen molar-refractivity contribution in [2.45, 2.75) is 13.0 Å². The summed E-state index contributed by atoms with van der Waals surface area (Å²) in [5, 5.41) is 0. The normalized spacial score (nSPS) is 14.3. The quantitative estimate of drug-likeness (QED) is 0.483. The van der Waals surface area contributed by atoms with E-state index in [0.29, 0.717) is 30.3 Å². The summed E-state index contributed by atoms with van der Waals surface area (Å²) in [6.07, 6.45) is 7.76. The Morgan fingerprint density at radius 1 is 1.09 bits per heavy atom. The molecule has 0 bridgehead atoms. The molecule has 8 heteroatoms. The van der Waals surface area contributed by atoms with Gasteiger partial charge in [-0.25, -0.2) is 0 Å². The van der Waals surface area contributed by atoms with Crippen LogP contribution in [0.1, 0.15) is 17.5 Å². The Hall–Kier alpha value is -3.10. The van der Waals surface area contributed by atoms with E-state index in [1.165, 1.54) is 0 Å². The molecule has 8 nitrogen and oxygen atoms in total. The first-order valence-electron chi connectivity index (χ1n) is 11.1. The van der Waals surface area contributed by atoms with E-state index in [0.717, 1.165) is 50.4 Å². The van der Waals surface area contributed by atoms with Crippen molar-refractivity contribution >= 4 is 12.0 Å². The second-order valence-electron chi connectivity index (χ2n) is 7.71. The number of methoxy groups -OCH3 is 3. The van der Waals surface area contributed by atoms with Crippen molar-refractivity contribution in [3.63, 3.8) is 0 Å².